The van der Waals surface area contributed by atoms with E-state index in [1.54, 1.807) is 37.3 Å². The first-order chi connectivity index (χ1) is 9.81. The molecule has 0 radical (unpaired) electrons. The molecule has 0 unspecified atom stereocenters. The number of sulfonamides is 1. The van der Waals surface area contributed by atoms with Crippen LogP contribution in [0.15, 0.2) is 47.4 Å². The number of halogens is 1. The molecule has 0 aliphatic carbocycles. The van der Waals surface area contributed by atoms with E-state index in [0.29, 0.717) is 21.8 Å². The summed E-state index contributed by atoms with van der Waals surface area (Å²) in [6.07, 6.45) is 0. The summed E-state index contributed by atoms with van der Waals surface area (Å²) in [7, 11) is -3.69. The number of nitrogens with one attached hydrogen (secondary N) is 1. The zero-order valence-electron chi connectivity index (χ0n) is 11.1. The molecule has 0 aliphatic rings. The third-order valence-electron chi connectivity index (χ3n) is 2.96. The van der Waals surface area contributed by atoms with Gasteiger partial charge in [-0.05, 0) is 36.8 Å². The van der Waals surface area contributed by atoms with Gasteiger partial charge in [0.25, 0.3) is 10.0 Å². The van der Waals surface area contributed by atoms with Gasteiger partial charge in [0, 0.05) is 10.6 Å². The number of nitrogens with two attached hydrogens (primary N) is 1. The van der Waals surface area contributed by atoms with Gasteiger partial charge in [-0.25, -0.2) is 8.42 Å². The predicted molar refractivity (Wildman–Crippen MR) is 89.3 cm³/mol. The van der Waals surface area contributed by atoms with Crippen LogP contribution in [0.5, 0.6) is 0 Å². The molecule has 0 bridgehead atoms. The first kappa shape index (κ1) is 15.8. The molecule has 3 N–H and O–H groups in total. The topological polar surface area (TPSA) is 72.2 Å². The fraction of sp³-hybridized carbons (Fsp3) is 0.0714. The Hall–Kier alpha value is -1.63. The summed E-state index contributed by atoms with van der Waals surface area (Å²) >= 11 is 10.8. The summed E-state index contributed by atoms with van der Waals surface area (Å²) in [5.74, 6) is 0. The Labute approximate surface area is 134 Å². The molecule has 7 heteroatoms. The van der Waals surface area contributed by atoms with Crippen molar-refractivity contribution in [1.82, 2.24) is 0 Å². The normalized spacial score (nSPS) is 11.1. The first-order valence-corrected chi connectivity index (χ1v) is 8.26. The first-order valence-electron chi connectivity index (χ1n) is 5.99. The fourth-order valence-electron chi connectivity index (χ4n) is 1.72. The van der Waals surface area contributed by atoms with Gasteiger partial charge in [0.1, 0.15) is 4.99 Å². The molecule has 2 aromatic rings. The second-order valence-corrected chi connectivity index (χ2v) is 6.94. The molecule has 0 saturated heterocycles. The Balaban J connectivity index is 2.34. The van der Waals surface area contributed by atoms with Gasteiger partial charge in [-0.3, -0.25) is 4.72 Å². The van der Waals surface area contributed by atoms with E-state index in [1.165, 1.54) is 12.1 Å². The highest BCUT2D eigenvalue weighted by molar-refractivity contribution is 7.92. The zero-order valence-corrected chi connectivity index (χ0v) is 13.5. The van der Waals surface area contributed by atoms with E-state index < -0.39 is 10.0 Å². The van der Waals surface area contributed by atoms with Crippen molar-refractivity contribution in [3.8, 4) is 0 Å². The molecule has 0 spiro atoms. The molecular weight excluding hydrogens is 328 g/mol. The number of hydrogen-bond donors (Lipinski definition) is 2. The lowest BCUT2D eigenvalue weighted by atomic mass is 10.2. The van der Waals surface area contributed by atoms with Gasteiger partial charge < -0.3 is 5.73 Å². The highest BCUT2D eigenvalue weighted by Crippen LogP contribution is 2.25. The van der Waals surface area contributed by atoms with Crippen molar-refractivity contribution in [3.63, 3.8) is 0 Å². The molecule has 21 heavy (non-hydrogen) atoms. The van der Waals surface area contributed by atoms with Crippen LogP contribution in [0.2, 0.25) is 5.02 Å². The average molecular weight is 341 g/mol. The van der Waals surface area contributed by atoms with Crippen molar-refractivity contribution in [3.05, 3.63) is 58.6 Å². The summed E-state index contributed by atoms with van der Waals surface area (Å²) in [6, 6.07) is 11.1. The molecule has 0 aromatic heterocycles. The predicted octanol–water partition coefficient (Wildman–Crippen LogP) is 3.08. The summed E-state index contributed by atoms with van der Waals surface area (Å²) < 4.78 is 27.2. The highest BCUT2D eigenvalue weighted by Gasteiger charge is 2.16. The number of anilines is 1. The second kappa shape index (κ2) is 6.01. The molecule has 2 aromatic carbocycles. The van der Waals surface area contributed by atoms with Gasteiger partial charge in [0.15, 0.2) is 0 Å². The second-order valence-electron chi connectivity index (χ2n) is 4.41. The molecule has 0 atom stereocenters. The average Bonchev–Trinajstić information content (AvgIpc) is 2.44. The zero-order chi connectivity index (χ0) is 15.6. The smallest absolute Gasteiger partial charge is 0.261 e. The van der Waals surface area contributed by atoms with Crippen molar-refractivity contribution < 1.29 is 8.42 Å². The third kappa shape index (κ3) is 3.53. The van der Waals surface area contributed by atoms with Gasteiger partial charge >= 0.3 is 0 Å². The molecule has 0 saturated carbocycles. The van der Waals surface area contributed by atoms with E-state index in [4.69, 9.17) is 29.6 Å². The maximum Gasteiger partial charge on any atom is 0.261 e. The fourth-order valence-corrected chi connectivity index (χ4v) is 3.15. The van der Waals surface area contributed by atoms with Crippen LogP contribution in [0.25, 0.3) is 0 Å². The van der Waals surface area contributed by atoms with E-state index in [2.05, 4.69) is 4.72 Å². The van der Waals surface area contributed by atoms with Crippen LogP contribution in [0.3, 0.4) is 0 Å². The number of benzene rings is 2. The van der Waals surface area contributed by atoms with E-state index in [1.807, 2.05) is 0 Å². The van der Waals surface area contributed by atoms with Crippen LogP contribution >= 0.6 is 23.8 Å². The van der Waals surface area contributed by atoms with E-state index in [0.717, 1.165) is 0 Å². The number of hydrogen-bond acceptors (Lipinski definition) is 3. The molecular formula is C14H13ClN2O2S2. The molecule has 4 nitrogen and oxygen atoms in total. The molecule has 110 valence electrons. The van der Waals surface area contributed by atoms with E-state index >= 15 is 0 Å². The van der Waals surface area contributed by atoms with Crippen LogP contribution in [0.4, 0.5) is 5.69 Å². The quantitative estimate of drug-likeness (QED) is 0.839. The number of rotatable bonds is 4. The van der Waals surface area contributed by atoms with Crippen LogP contribution in [0, 0.1) is 6.92 Å². The molecule has 0 heterocycles. The maximum atomic E-state index is 12.3. The van der Waals surface area contributed by atoms with Crippen LogP contribution in [0.1, 0.15) is 11.1 Å². The van der Waals surface area contributed by atoms with Gasteiger partial charge in [-0.15, -0.1) is 0 Å². The van der Waals surface area contributed by atoms with Gasteiger partial charge in [0.2, 0.25) is 0 Å². The summed E-state index contributed by atoms with van der Waals surface area (Å²) in [5.41, 5.74) is 7.21. The highest BCUT2D eigenvalue weighted by atomic mass is 35.5. The van der Waals surface area contributed by atoms with Crippen molar-refractivity contribution in [1.29, 1.82) is 0 Å². The molecule has 2 rings (SSSR count). The van der Waals surface area contributed by atoms with E-state index in [-0.39, 0.29) is 9.88 Å². The minimum atomic E-state index is -3.69. The third-order valence-corrected chi connectivity index (χ3v) is 4.99. The Kier molecular flexibility index (Phi) is 4.51. The molecule has 0 amide bonds. The minimum Gasteiger partial charge on any atom is -0.389 e. The largest absolute Gasteiger partial charge is 0.389 e. The van der Waals surface area contributed by atoms with Crippen LogP contribution < -0.4 is 10.5 Å². The molecule has 0 aliphatic heterocycles. The van der Waals surface area contributed by atoms with Gasteiger partial charge in [0.05, 0.1) is 10.6 Å². The van der Waals surface area contributed by atoms with Crippen LogP contribution in [-0.2, 0) is 10.0 Å². The van der Waals surface area contributed by atoms with Crippen molar-refractivity contribution in [2.45, 2.75) is 11.8 Å². The SMILES string of the molecule is Cc1c(Cl)cccc1NS(=O)(=O)c1ccc(C(N)=S)cc1. The summed E-state index contributed by atoms with van der Waals surface area (Å²) in [4.78, 5) is 0.347. The lowest BCUT2D eigenvalue weighted by molar-refractivity contribution is 0.601. The Bertz CT molecular complexity index is 787. The van der Waals surface area contributed by atoms with Gasteiger partial charge in [-0.1, -0.05) is 42.0 Å². The van der Waals surface area contributed by atoms with Crippen molar-refractivity contribution >= 4 is 44.5 Å². The van der Waals surface area contributed by atoms with Gasteiger partial charge in [-0.2, -0.15) is 0 Å². The maximum absolute atomic E-state index is 12.3. The lowest BCUT2D eigenvalue weighted by Crippen LogP contribution is -2.15. The number of thiocarbonyl (C=S) groups is 1. The summed E-state index contributed by atoms with van der Waals surface area (Å²) in [6.45, 7) is 1.75. The van der Waals surface area contributed by atoms with Crippen molar-refractivity contribution in [2.24, 2.45) is 5.73 Å². The summed E-state index contributed by atoms with van der Waals surface area (Å²) in [5, 5.41) is 0.499. The minimum absolute atomic E-state index is 0.127. The Morgan fingerprint density at radius 2 is 1.81 bits per heavy atom. The van der Waals surface area contributed by atoms with Crippen molar-refractivity contribution in [2.75, 3.05) is 4.72 Å². The standard InChI is InChI=1S/C14H13ClN2O2S2/c1-9-12(15)3-2-4-13(9)17-21(18,19)11-7-5-10(6-8-11)14(16)20/h2-8,17H,1H3,(H2,16,20). The lowest BCUT2D eigenvalue weighted by Gasteiger charge is -2.11. The monoisotopic (exact) mass is 340 g/mol. The van der Waals surface area contributed by atoms with E-state index in [9.17, 15) is 8.42 Å². The molecule has 0 fully saturated rings. The van der Waals surface area contributed by atoms with Crippen LogP contribution in [-0.4, -0.2) is 13.4 Å². The Morgan fingerprint density at radius 1 is 1.19 bits per heavy atom. The Morgan fingerprint density at radius 3 is 2.38 bits per heavy atom.